The van der Waals surface area contributed by atoms with Crippen LogP contribution in [0.4, 0.5) is 0 Å². The van der Waals surface area contributed by atoms with Gasteiger partial charge in [0.2, 0.25) is 0 Å². The Labute approximate surface area is 128 Å². The fraction of sp³-hybridized carbons (Fsp3) is 0.235. The summed E-state index contributed by atoms with van der Waals surface area (Å²) >= 11 is 6.34. The predicted molar refractivity (Wildman–Crippen MR) is 86.0 cm³/mol. The van der Waals surface area contributed by atoms with Gasteiger partial charge in [-0.1, -0.05) is 35.9 Å². The Hall–Kier alpha value is -2.00. The van der Waals surface area contributed by atoms with E-state index in [4.69, 9.17) is 16.6 Å². The molecule has 0 spiro atoms. The number of benzene rings is 2. The summed E-state index contributed by atoms with van der Waals surface area (Å²) in [5, 5.41) is 10.7. The molecule has 0 bridgehead atoms. The van der Waals surface area contributed by atoms with Gasteiger partial charge in [0.1, 0.15) is 11.6 Å². The minimum atomic E-state index is 0.246. The van der Waals surface area contributed by atoms with Crippen molar-refractivity contribution in [1.29, 1.82) is 0 Å². The van der Waals surface area contributed by atoms with Crippen LogP contribution in [0, 0.1) is 0 Å². The molecule has 1 aromatic heterocycles. The molecule has 3 nitrogen and oxygen atoms in total. The van der Waals surface area contributed by atoms with Crippen molar-refractivity contribution in [3.05, 3.63) is 58.9 Å². The molecular formula is C17H17ClN2O. The average Bonchev–Trinajstić information content (AvgIpc) is 2.81. The van der Waals surface area contributed by atoms with Gasteiger partial charge in [0.05, 0.1) is 16.1 Å². The number of hydrogen-bond acceptors (Lipinski definition) is 2. The summed E-state index contributed by atoms with van der Waals surface area (Å²) in [7, 11) is 0. The molecule has 0 amide bonds. The third kappa shape index (κ3) is 2.49. The van der Waals surface area contributed by atoms with Crippen molar-refractivity contribution in [2.24, 2.45) is 0 Å². The number of phenols is 1. The molecule has 0 aliphatic heterocycles. The van der Waals surface area contributed by atoms with Crippen LogP contribution in [0.3, 0.4) is 0 Å². The van der Waals surface area contributed by atoms with Gasteiger partial charge in [0, 0.05) is 18.0 Å². The molecule has 0 aliphatic rings. The minimum absolute atomic E-state index is 0.246. The smallest absolute Gasteiger partial charge is 0.119 e. The normalized spacial score (nSPS) is 11.4. The van der Waals surface area contributed by atoms with E-state index >= 15 is 0 Å². The summed E-state index contributed by atoms with van der Waals surface area (Å²) in [6.45, 7) is 4.22. The summed E-state index contributed by atoms with van der Waals surface area (Å²) in [5.41, 5.74) is 2.71. The Morgan fingerprint density at radius 2 is 1.90 bits per heavy atom. The number of hydrogen-bond donors (Lipinski definition) is 1. The second kappa shape index (κ2) is 5.41. The molecule has 0 radical (unpaired) electrons. The van der Waals surface area contributed by atoms with Crippen molar-refractivity contribution in [2.45, 2.75) is 26.3 Å². The van der Waals surface area contributed by atoms with Crippen LogP contribution in [0.15, 0.2) is 42.5 Å². The van der Waals surface area contributed by atoms with Gasteiger partial charge in [-0.05, 0) is 32.0 Å². The lowest BCUT2D eigenvalue weighted by atomic mass is 10.1. The summed E-state index contributed by atoms with van der Waals surface area (Å²) < 4.78 is 2.14. The Balaban J connectivity index is 2.17. The summed E-state index contributed by atoms with van der Waals surface area (Å²) in [4.78, 5) is 4.70. The molecule has 1 N–H and O–H groups in total. The Kier molecular flexibility index (Phi) is 3.60. The maximum atomic E-state index is 9.97. The Bertz CT molecular complexity index is 793. The first-order valence-electron chi connectivity index (χ1n) is 7.00. The van der Waals surface area contributed by atoms with E-state index in [1.54, 1.807) is 6.07 Å². The third-order valence-electron chi connectivity index (χ3n) is 3.59. The molecule has 3 rings (SSSR count). The average molecular weight is 301 g/mol. The third-order valence-corrected chi connectivity index (χ3v) is 3.90. The van der Waals surface area contributed by atoms with Gasteiger partial charge in [0.25, 0.3) is 0 Å². The van der Waals surface area contributed by atoms with E-state index in [2.05, 4.69) is 18.4 Å². The van der Waals surface area contributed by atoms with Crippen molar-refractivity contribution in [3.8, 4) is 5.75 Å². The van der Waals surface area contributed by atoms with Crippen molar-refractivity contribution in [2.75, 3.05) is 0 Å². The van der Waals surface area contributed by atoms with E-state index in [9.17, 15) is 5.11 Å². The quantitative estimate of drug-likeness (QED) is 0.769. The fourth-order valence-electron chi connectivity index (χ4n) is 2.67. The lowest BCUT2D eigenvalue weighted by molar-refractivity contribution is 0.468. The highest BCUT2D eigenvalue weighted by atomic mass is 35.5. The molecule has 0 fully saturated rings. The highest BCUT2D eigenvalue weighted by Crippen LogP contribution is 2.29. The Morgan fingerprint density at radius 1 is 1.14 bits per heavy atom. The van der Waals surface area contributed by atoms with Gasteiger partial charge in [-0.25, -0.2) is 4.98 Å². The van der Waals surface area contributed by atoms with Crippen molar-refractivity contribution < 1.29 is 5.11 Å². The summed E-state index contributed by atoms with van der Waals surface area (Å²) in [6, 6.07) is 13.4. The standard InChI is InChI=1S/C17H17ClN2O/c1-11(2)20-16(10-12-6-3-4-9-15(12)21)19-14-8-5-7-13(18)17(14)20/h3-9,11,21H,10H2,1-2H3. The van der Waals surface area contributed by atoms with Crippen molar-refractivity contribution in [3.63, 3.8) is 0 Å². The Morgan fingerprint density at radius 3 is 2.62 bits per heavy atom. The molecular weight excluding hydrogens is 284 g/mol. The number of para-hydroxylation sites is 2. The van der Waals surface area contributed by atoms with E-state index in [0.29, 0.717) is 17.2 Å². The molecule has 0 aliphatic carbocycles. The predicted octanol–water partition coefficient (Wildman–Crippen LogP) is 4.57. The van der Waals surface area contributed by atoms with Gasteiger partial charge in [-0.3, -0.25) is 0 Å². The summed E-state index contributed by atoms with van der Waals surface area (Å²) in [5.74, 6) is 1.21. The van der Waals surface area contributed by atoms with Crippen molar-refractivity contribution in [1.82, 2.24) is 9.55 Å². The molecule has 2 aromatic carbocycles. The van der Waals surface area contributed by atoms with Gasteiger partial charge in [-0.15, -0.1) is 0 Å². The van der Waals surface area contributed by atoms with Crippen LogP contribution in [-0.4, -0.2) is 14.7 Å². The minimum Gasteiger partial charge on any atom is -0.508 e. The fourth-order valence-corrected chi connectivity index (χ4v) is 2.93. The number of halogens is 1. The van der Waals surface area contributed by atoms with E-state index in [-0.39, 0.29) is 6.04 Å². The van der Waals surface area contributed by atoms with Crippen LogP contribution in [0.2, 0.25) is 5.02 Å². The first-order valence-corrected chi connectivity index (χ1v) is 7.38. The highest BCUT2D eigenvalue weighted by Gasteiger charge is 2.16. The van der Waals surface area contributed by atoms with Gasteiger partial charge < -0.3 is 9.67 Å². The zero-order valence-electron chi connectivity index (χ0n) is 12.0. The van der Waals surface area contributed by atoms with Crippen molar-refractivity contribution >= 4 is 22.6 Å². The zero-order valence-corrected chi connectivity index (χ0v) is 12.8. The second-order valence-electron chi connectivity index (χ2n) is 5.40. The van der Waals surface area contributed by atoms with E-state index in [0.717, 1.165) is 22.4 Å². The first-order chi connectivity index (χ1) is 10.1. The summed E-state index contributed by atoms with van der Waals surface area (Å²) in [6.07, 6.45) is 0.579. The van der Waals surface area contributed by atoms with Crippen LogP contribution < -0.4 is 0 Å². The van der Waals surface area contributed by atoms with E-state index in [1.807, 2.05) is 36.4 Å². The molecule has 1 heterocycles. The number of nitrogens with zero attached hydrogens (tertiary/aromatic N) is 2. The SMILES string of the molecule is CC(C)n1c(Cc2ccccc2O)nc2cccc(Cl)c21. The largest absolute Gasteiger partial charge is 0.508 e. The van der Waals surface area contributed by atoms with Gasteiger partial charge >= 0.3 is 0 Å². The van der Waals surface area contributed by atoms with Gasteiger partial charge in [-0.2, -0.15) is 0 Å². The van der Waals surface area contributed by atoms with Gasteiger partial charge in [0.15, 0.2) is 0 Å². The molecule has 4 heteroatoms. The number of aromatic hydroxyl groups is 1. The van der Waals surface area contributed by atoms with Crippen LogP contribution in [-0.2, 0) is 6.42 Å². The van der Waals surface area contributed by atoms with E-state index in [1.165, 1.54) is 0 Å². The number of rotatable bonds is 3. The molecule has 0 saturated heterocycles. The van der Waals surface area contributed by atoms with Crippen LogP contribution >= 0.6 is 11.6 Å². The van der Waals surface area contributed by atoms with Crippen LogP contribution in [0.1, 0.15) is 31.3 Å². The lowest BCUT2D eigenvalue weighted by Gasteiger charge is -2.14. The number of aromatic nitrogens is 2. The zero-order chi connectivity index (χ0) is 15.0. The molecule has 108 valence electrons. The molecule has 0 unspecified atom stereocenters. The lowest BCUT2D eigenvalue weighted by Crippen LogP contribution is -2.07. The first kappa shape index (κ1) is 14.0. The van der Waals surface area contributed by atoms with E-state index < -0.39 is 0 Å². The number of imidazole rings is 1. The monoisotopic (exact) mass is 300 g/mol. The molecule has 0 atom stereocenters. The molecule has 21 heavy (non-hydrogen) atoms. The molecule has 0 saturated carbocycles. The maximum Gasteiger partial charge on any atom is 0.119 e. The maximum absolute atomic E-state index is 9.97. The molecule has 3 aromatic rings. The second-order valence-corrected chi connectivity index (χ2v) is 5.81. The van der Waals surface area contributed by atoms with Crippen LogP contribution in [0.25, 0.3) is 11.0 Å². The number of phenolic OH excluding ortho intramolecular Hbond substituents is 1. The highest BCUT2D eigenvalue weighted by molar-refractivity contribution is 6.35. The topological polar surface area (TPSA) is 38.0 Å². The number of fused-ring (bicyclic) bond motifs is 1. The van der Waals surface area contributed by atoms with Crippen LogP contribution in [0.5, 0.6) is 5.75 Å².